The normalized spacial score (nSPS) is 11.5. The highest BCUT2D eigenvalue weighted by Crippen LogP contribution is 2.21. The van der Waals surface area contributed by atoms with Gasteiger partial charge in [0.05, 0.1) is 11.8 Å². The molecule has 0 aliphatic heterocycles. The van der Waals surface area contributed by atoms with Gasteiger partial charge in [0.1, 0.15) is 24.0 Å². The van der Waals surface area contributed by atoms with Gasteiger partial charge in [0.25, 0.3) is 5.91 Å². The maximum absolute atomic E-state index is 14.1. The molecule has 0 radical (unpaired) electrons. The van der Waals surface area contributed by atoms with Gasteiger partial charge in [0.2, 0.25) is 10.0 Å². The van der Waals surface area contributed by atoms with Crippen molar-refractivity contribution in [3.63, 3.8) is 0 Å². The van der Waals surface area contributed by atoms with Crippen LogP contribution in [0.3, 0.4) is 0 Å². The molecule has 0 bridgehead atoms. The lowest BCUT2D eigenvalue weighted by atomic mass is 10.0. The molecule has 8 heteroatoms. The SMILES string of the molecule is CC(C)c1ccc(OCc2cc(F)c(C(=O)NS(C)(=O)=O)cc2F)cc1. The molecular weight excluding hydrogens is 364 g/mol. The average Bonchev–Trinajstić information content (AvgIpc) is 2.54. The molecule has 140 valence electrons. The van der Waals surface area contributed by atoms with Crippen LogP contribution in [0, 0.1) is 11.6 Å². The van der Waals surface area contributed by atoms with Crippen LogP contribution in [0.4, 0.5) is 8.78 Å². The molecule has 0 saturated heterocycles. The predicted octanol–water partition coefficient (Wildman–Crippen LogP) is 3.36. The van der Waals surface area contributed by atoms with E-state index in [0.717, 1.165) is 17.9 Å². The first kappa shape index (κ1) is 19.8. The molecule has 0 unspecified atom stereocenters. The summed E-state index contributed by atoms with van der Waals surface area (Å²) >= 11 is 0. The molecule has 1 N–H and O–H groups in total. The highest BCUT2D eigenvalue weighted by molar-refractivity contribution is 7.89. The Kier molecular flexibility index (Phi) is 5.97. The van der Waals surface area contributed by atoms with E-state index in [-0.39, 0.29) is 12.2 Å². The Morgan fingerprint density at radius 2 is 1.73 bits per heavy atom. The van der Waals surface area contributed by atoms with Crippen molar-refractivity contribution in [3.8, 4) is 5.75 Å². The standard InChI is InChI=1S/C18H19F2NO4S/c1-11(2)12-4-6-14(7-5-12)25-10-13-8-17(20)15(9-16(13)19)18(22)21-26(3,23)24/h4-9,11H,10H2,1-3H3,(H,21,22). The Morgan fingerprint density at radius 3 is 2.27 bits per heavy atom. The number of carbonyl (C=O) groups is 1. The van der Waals surface area contributed by atoms with Crippen molar-refractivity contribution in [3.05, 3.63) is 64.7 Å². The topological polar surface area (TPSA) is 72.5 Å². The third-order valence-electron chi connectivity index (χ3n) is 3.60. The number of halogens is 2. The molecule has 0 fully saturated rings. The van der Waals surface area contributed by atoms with Gasteiger partial charge in [-0.3, -0.25) is 4.79 Å². The number of ether oxygens (including phenoxy) is 1. The van der Waals surface area contributed by atoms with Gasteiger partial charge < -0.3 is 4.74 Å². The summed E-state index contributed by atoms with van der Waals surface area (Å²) in [6, 6.07) is 8.70. The van der Waals surface area contributed by atoms with Crippen molar-refractivity contribution in [2.24, 2.45) is 0 Å². The van der Waals surface area contributed by atoms with E-state index in [1.807, 2.05) is 12.1 Å². The zero-order valence-corrected chi connectivity index (χ0v) is 15.4. The number of benzene rings is 2. The van der Waals surface area contributed by atoms with E-state index < -0.39 is 33.1 Å². The van der Waals surface area contributed by atoms with Crippen molar-refractivity contribution >= 4 is 15.9 Å². The highest BCUT2D eigenvalue weighted by atomic mass is 32.2. The molecule has 2 rings (SSSR count). The van der Waals surface area contributed by atoms with E-state index in [9.17, 15) is 22.0 Å². The summed E-state index contributed by atoms with van der Waals surface area (Å²) in [6.45, 7) is 3.86. The summed E-state index contributed by atoms with van der Waals surface area (Å²) in [4.78, 5) is 11.7. The van der Waals surface area contributed by atoms with Gasteiger partial charge >= 0.3 is 0 Å². The largest absolute Gasteiger partial charge is 0.489 e. The van der Waals surface area contributed by atoms with Crippen LogP contribution in [-0.4, -0.2) is 20.6 Å². The van der Waals surface area contributed by atoms with Crippen molar-refractivity contribution in [1.29, 1.82) is 0 Å². The Morgan fingerprint density at radius 1 is 1.12 bits per heavy atom. The minimum Gasteiger partial charge on any atom is -0.489 e. The molecule has 0 aliphatic carbocycles. The van der Waals surface area contributed by atoms with Crippen LogP contribution < -0.4 is 9.46 Å². The Balaban J connectivity index is 2.13. The summed E-state index contributed by atoms with van der Waals surface area (Å²) in [6.07, 6.45) is 0.742. The summed E-state index contributed by atoms with van der Waals surface area (Å²) < 4.78 is 57.3. The number of amides is 1. The number of hydrogen-bond acceptors (Lipinski definition) is 4. The Bertz CT molecular complexity index is 910. The molecule has 0 spiro atoms. The van der Waals surface area contributed by atoms with Crippen LogP contribution >= 0.6 is 0 Å². The first-order valence-corrected chi connectivity index (χ1v) is 9.69. The monoisotopic (exact) mass is 383 g/mol. The van der Waals surface area contributed by atoms with E-state index in [1.165, 1.54) is 0 Å². The van der Waals surface area contributed by atoms with Crippen molar-refractivity contribution < 1.29 is 26.7 Å². The van der Waals surface area contributed by atoms with Crippen molar-refractivity contribution in [1.82, 2.24) is 4.72 Å². The lowest BCUT2D eigenvalue weighted by molar-refractivity contribution is 0.0977. The first-order valence-electron chi connectivity index (χ1n) is 7.79. The summed E-state index contributed by atoms with van der Waals surface area (Å²) in [7, 11) is -3.88. The molecule has 26 heavy (non-hydrogen) atoms. The minimum atomic E-state index is -3.88. The maximum atomic E-state index is 14.1. The molecule has 0 atom stereocenters. The smallest absolute Gasteiger partial charge is 0.267 e. The van der Waals surface area contributed by atoms with Crippen LogP contribution in [0.25, 0.3) is 0 Å². The fourth-order valence-electron chi connectivity index (χ4n) is 2.21. The van der Waals surface area contributed by atoms with Crippen LogP contribution in [0.1, 0.15) is 41.3 Å². The molecule has 2 aromatic carbocycles. The van der Waals surface area contributed by atoms with E-state index in [1.54, 1.807) is 16.9 Å². The van der Waals surface area contributed by atoms with Gasteiger partial charge in [-0.2, -0.15) is 0 Å². The van der Waals surface area contributed by atoms with Gasteiger partial charge in [-0.05, 0) is 35.7 Å². The Hall–Kier alpha value is -2.48. The summed E-state index contributed by atoms with van der Waals surface area (Å²) in [5.74, 6) is -2.29. The maximum Gasteiger partial charge on any atom is 0.267 e. The van der Waals surface area contributed by atoms with Crippen LogP contribution in [0.2, 0.25) is 0 Å². The first-order chi connectivity index (χ1) is 12.1. The van der Waals surface area contributed by atoms with Gasteiger partial charge in [-0.15, -0.1) is 0 Å². The second kappa shape index (κ2) is 7.82. The van der Waals surface area contributed by atoms with Gasteiger partial charge in [-0.1, -0.05) is 26.0 Å². The second-order valence-electron chi connectivity index (χ2n) is 6.14. The molecule has 2 aromatic rings. The van der Waals surface area contributed by atoms with Crippen LogP contribution in [-0.2, 0) is 16.6 Å². The predicted molar refractivity (Wildman–Crippen MR) is 93.5 cm³/mol. The van der Waals surface area contributed by atoms with Gasteiger partial charge in [0.15, 0.2) is 0 Å². The molecule has 0 aromatic heterocycles. The molecule has 0 heterocycles. The molecule has 0 saturated carbocycles. The molecule has 0 aliphatic rings. The lowest BCUT2D eigenvalue weighted by Crippen LogP contribution is -2.30. The van der Waals surface area contributed by atoms with Crippen molar-refractivity contribution in [2.45, 2.75) is 26.4 Å². The zero-order valence-electron chi connectivity index (χ0n) is 14.5. The van der Waals surface area contributed by atoms with Crippen LogP contribution in [0.15, 0.2) is 36.4 Å². The highest BCUT2D eigenvalue weighted by Gasteiger charge is 2.19. The third kappa shape index (κ3) is 5.26. The zero-order chi connectivity index (χ0) is 19.5. The Labute approximate surface area is 151 Å². The second-order valence-corrected chi connectivity index (χ2v) is 7.89. The van der Waals surface area contributed by atoms with Gasteiger partial charge in [0, 0.05) is 5.56 Å². The quantitative estimate of drug-likeness (QED) is 0.830. The number of nitrogens with one attached hydrogen (secondary N) is 1. The minimum absolute atomic E-state index is 0.0914. The molecular formula is C18H19F2NO4S. The third-order valence-corrected chi connectivity index (χ3v) is 4.16. The van der Waals surface area contributed by atoms with E-state index in [4.69, 9.17) is 4.74 Å². The fourth-order valence-corrected chi connectivity index (χ4v) is 2.65. The van der Waals surface area contributed by atoms with Crippen LogP contribution in [0.5, 0.6) is 5.75 Å². The molecule has 5 nitrogen and oxygen atoms in total. The van der Waals surface area contributed by atoms with Crippen molar-refractivity contribution in [2.75, 3.05) is 6.26 Å². The number of hydrogen-bond donors (Lipinski definition) is 1. The van der Waals surface area contributed by atoms with E-state index in [2.05, 4.69) is 13.8 Å². The number of sulfonamides is 1. The average molecular weight is 383 g/mol. The number of carbonyl (C=O) groups excluding carboxylic acids is 1. The van der Waals surface area contributed by atoms with Gasteiger partial charge in [-0.25, -0.2) is 21.9 Å². The van der Waals surface area contributed by atoms with E-state index in [0.29, 0.717) is 17.7 Å². The fraction of sp³-hybridized carbons (Fsp3) is 0.278. The summed E-state index contributed by atoms with van der Waals surface area (Å²) in [5, 5.41) is 0. The number of rotatable bonds is 6. The molecule has 1 amide bonds. The van der Waals surface area contributed by atoms with E-state index >= 15 is 0 Å². The summed E-state index contributed by atoms with van der Waals surface area (Å²) in [5.41, 5.74) is 0.333. The lowest BCUT2D eigenvalue weighted by Gasteiger charge is -2.11.